The summed E-state index contributed by atoms with van der Waals surface area (Å²) in [5, 5.41) is 0. The van der Waals surface area contributed by atoms with Crippen LogP contribution in [0, 0.1) is 15.7 Å². The van der Waals surface area contributed by atoms with Crippen LogP contribution in [0.2, 0.25) is 0 Å². The Morgan fingerprint density at radius 2 is 1.59 bits per heavy atom. The summed E-state index contributed by atoms with van der Waals surface area (Å²) >= 11 is 0. The van der Waals surface area contributed by atoms with Gasteiger partial charge in [-0.15, -0.1) is 0 Å². The Kier molecular flexibility index (Phi) is 4.09. The smallest absolute Gasteiger partial charge is 0.182 e. The van der Waals surface area contributed by atoms with Crippen LogP contribution in [0.15, 0.2) is 34.1 Å². The second kappa shape index (κ2) is 5.12. The fourth-order valence-electron chi connectivity index (χ4n) is 2.32. The van der Waals surface area contributed by atoms with E-state index in [0.717, 1.165) is 6.07 Å². The van der Waals surface area contributed by atoms with Crippen molar-refractivity contribution in [1.82, 2.24) is 0 Å². The summed E-state index contributed by atoms with van der Waals surface area (Å²) in [5.74, 6) is 0. The zero-order chi connectivity index (χ0) is 17.0. The van der Waals surface area contributed by atoms with Gasteiger partial charge in [-0.1, -0.05) is 39.0 Å². The van der Waals surface area contributed by atoms with Crippen molar-refractivity contribution in [3.8, 4) is 0 Å². The normalized spacial score (nSPS) is 25.4. The van der Waals surface area contributed by atoms with E-state index in [4.69, 9.17) is 0 Å². The van der Waals surface area contributed by atoms with Crippen molar-refractivity contribution in [2.75, 3.05) is 0 Å². The van der Waals surface area contributed by atoms with Crippen molar-refractivity contribution in [3.05, 3.63) is 34.7 Å². The molecule has 1 heterocycles. The standard InChI is InChI=1S/C13H14ClF3O4S/c1-12(2,3)11-8-9-6-4-5-7-10(9)22(11,13(15,16)17)21-14(18,19)20/h4-8H,1-3H3. The molecular weight excluding hydrogens is 345 g/mol. The van der Waals surface area contributed by atoms with Gasteiger partial charge in [-0.3, -0.25) is 0 Å². The van der Waals surface area contributed by atoms with Gasteiger partial charge >= 0.3 is 5.51 Å². The van der Waals surface area contributed by atoms with Gasteiger partial charge in [-0.25, -0.2) is 0 Å². The second-order valence-electron chi connectivity index (χ2n) is 5.74. The van der Waals surface area contributed by atoms with Crippen LogP contribution < -0.4 is 14.0 Å². The van der Waals surface area contributed by atoms with Crippen molar-refractivity contribution in [2.24, 2.45) is 5.41 Å². The maximum absolute atomic E-state index is 13.9. The third-order valence-electron chi connectivity index (χ3n) is 3.06. The maximum atomic E-state index is 13.9. The first-order chi connectivity index (χ1) is 9.79. The highest BCUT2D eigenvalue weighted by atomic mass is 35.7. The average Bonchev–Trinajstić information content (AvgIpc) is 2.62. The maximum Gasteiger partial charge on any atom is 0.468 e. The molecule has 0 saturated carbocycles. The van der Waals surface area contributed by atoms with Crippen LogP contribution in [0.4, 0.5) is 13.2 Å². The minimum atomic E-state index is -5.25. The molecule has 22 heavy (non-hydrogen) atoms. The van der Waals surface area contributed by atoms with Gasteiger partial charge in [-0.2, -0.15) is 27.1 Å². The van der Waals surface area contributed by atoms with Gasteiger partial charge in [0.1, 0.15) is 3.74 Å². The number of hydrogen-bond donors (Lipinski definition) is 0. The van der Waals surface area contributed by atoms with Gasteiger partial charge in [-0.05, 0) is 23.1 Å². The molecule has 0 radical (unpaired) electrons. The fourth-order valence-corrected chi connectivity index (χ4v) is 6.70. The largest absolute Gasteiger partial charge is 0.468 e. The molecule has 2 rings (SSSR count). The zero-order valence-corrected chi connectivity index (χ0v) is 13.5. The van der Waals surface area contributed by atoms with Gasteiger partial charge in [0.25, 0.3) is 0 Å². The van der Waals surface area contributed by atoms with E-state index in [0.29, 0.717) is 0 Å². The third kappa shape index (κ3) is 2.86. The Morgan fingerprint density at radius 3 is 2.05 bits per heavy atom. The second-order valence-corrected chi connectivity index (χ2v) is 9.45. The summed E-state index contributed by atoms with van der Waals surface area (Å²) < 4.78 is 78.8. The lowest BCUT2D eigenvalue weighted by atomic mass is 9.95. The SMILES string of the molecule is CC(C)(C)C1=Cc2ccccc2S1(O[Cl+3]([O-])([O-])[O-])C(F)(F)F. The molecule has 1 atom stereocenters. The van der Waals surface area contributed by atoms with E-state index in [1.807, 2.05) is 0 Å². The summed E-state index contributed by atoms with van der Waals surface area (Å²) in [6.45, 7) is 4.53. The summed E-state index contributed by atoms with van der Waals surface area (Å²) in [4.78, 5) is -0.569. The molecule has 9 heteroatoms. The molecule has 1 aromatic carbocycles. The van der Waals surface area contributed by atoms with E-state index in [2.05, 4.69) is 3.74 Å². The van der Waals surface area contributed by atoms with Crippen molar-refractivity contribution in [2.45, 2.75) is 31.2 Å². The molecule has 0 bridgehead atoms. The molecule has 0 fully saturated rings. The van der Waals surface area contributed by atoms with Crippen LogP contribution in [-0.4, -0.2) is 5.51 Å². The minimum Gasteiger partial charge on any atom is -0.182 e. The molecule has 1 aromatic rings. The highest BCUT2D eigenvalue weighted by molar-refractivity contribution is 8.34. The third-order valence-corrected chi connectivity index (χ3v) is 7.43. The highest BCUT2D eigenvalue weighted by Gasteiger charge is 2.69. The number of benzene rings is 1. The first-order valence-corrected chi connectivity index (χ1v) is 8.91. The van der Waals surface area contributed by atoms with Crippen molar-refractivity contribution >= 4 is 16.4 Å². The van der Waals surface area contributed by atoms with Gasteiger partial charge in [0, 0.05) is 9.80 Å². The molecule has 4 nitrogen and oxygen atoms in total. The van der Waals surface area contributed by atoms with Crippen LogP contribution >= 0.6 is 10.3 Å². The predicted molar refractivity (Wildman–Crippen MR) is 66.9 cm³/mol. The number of rotatable bonds is 2. The van der Waals surface area contributed by atoms with Gasteiger partial charge < -0.3 is 0 Å². The topological polar surface area (TPSA) is 78.4 Å². The Bertz CT molecular complexity index is 619. The number of hydrogen-bond acceptors (Lipinski definition) is 4. The number of halogens is 4. The van der Waals surface area contributed by atoms with Crippen LogP contribution in [0.1, 0.15) is 26.3 Å². The molecule has 0 amide bonds. The van der Waals surface area contributed by atoms with Gasteiger partial charge in [0.15, 0.2) is 10.3 Å². The van der Waals surface area contributed by atoms with E-state index >= 15 is 0 Å². The first kappa shape index (κ1) is 17.6. The summed E-state index contributed by atoms with van der Waals surface area (Å²) in [5.41, 5.74) is -5.87. The lowest BCUT2D eigenvalue weighted by molar-refractivity contribution is -1.91. The number of fused-ring (bicyclic) bond motifs is 1. The Balaban J connectivity index is 2.80. The molecule has 1 aliphatic heterocycles. The summed E-state index contributed by atoms with van der Waals surface area (Å²) in [7, 11) is -9.70. The van der Waals surface area contributed by atoms with E-state index in [1.54, 1.807) is 0 Å². The number of allylic oxidation sites excluding steroid dienone is 1. The molecule has 0 N–H and O–H groups in total. The molecule has 0 spiro atoms. The minimum absolute atomic E-state index is 0.207. The lowest BCUT2D eigenvalue weighted by Gasteiger charge is -2.39. The van der Waals surface area contributed by atoms with Crippen LogP contribution in [-0.2, 0) is 3.74 Å². The fraction of sp³-hybridized carbons (Fsp3) is 0.385. The van der Waals surface area contributed by atoms with Crippen molar-refractivity contribution < 1.29 is 41.1 Å². The monoisotopic (exact) mass is 358 g/mol. The van der Waals surface area contributed by atoms with Crippen LogP contribution in [0.5, 0.6) is 0 Å². The van der Waals surface area contributed by atoms with Gasteiger partial charge in [0.05, 0.1) is 10.2 Å². The quantitative estimate of drug-likeness (QED) is 0.804. The summed E-state index contributed by atoms with van der Waals surface area (Å²) in [6.07, 6.45) is 1.26. The van der Waals surface area contributed by atoms with E-state index in [-0.39, 0.29) is 15.4 Å². The lowest BCUT2D eigenvalue weighted by Crippen LogP contribution is -2.62. The molecule has 1 aliphatic rings. The Morgan fingerprint density at radius 1 is 1.05 bits per heavy atom. The number of alkyl halides is 3. The average molecular weight is 359 g/mol. The molecule has 1 unspecified atom stereocenters. The zero-order valence-electron chi connectivity index (χ0n) is 11.9. The molecular formula is C13H14ClF3O4S. The Labute approximate surface area is 129 Å². The van der Waals surface area contributed by atoms with Crippen LogP contribution in [0.25, 0.3) is 6.08 Å². The van der Waals surface area contributed by atoms with Crippen LogP contribution in [0.3, 0.4) is 0 Å². The van der Waals surface area contributed by atoms with Crippen molar-refractivity contribution in [1.29, 1.82) is 0 Å². The van der Waals surface area contributed by atoms with E-state index in [1.165, 1.54) is 45.0 Å². The molecule has 124 valence electrons. The summed E-state index contributed by atoms with van der Waals surface area (Å²) in [6, 6.07) is 5.46. The van der Waals surface area contributed by atoms with Crippen molar-refractivity contribution in [3.63, 3.8) is 0 Å². The first-order valence-electron chi connectivity index (χ1n) is 6.12. The predicted octanol–water partition coefficient (Wildman–Crippen LogP) is 1.60. The van der Waals surface area contributed by atoms with Gasteiger partial charge in [0.2, 0.25) is 0 Å². The molecule has 0 aromatic heterocycles. The highest BCUT2D eigenvalue weighted by Crippen LogP contribution is 2.80. The molecule has 0 aliphatic carbocycles. The van der Waals surface area contributed by atoms with E-state index < -0.39 is 31.5 Å². The van der Waals surface area contributed by atoms with E-state index in [9.17, 15) is 27.1 Å². The molecule has 0 saturated heterocycles. The Hall–Kier alpha value is -0.770.